The van der Waals surface area contributed by atoms with Crippen LogP contribution in [-0.2, 0) is 0 Å². The zero-order chi connectivity index (χ0) is 15.2. The molecule has 0 bridgehead atoms. The van der Waals surface area contributed by atoms with Crippen LogP contribution in [0.25, 0.3) is 0 Å². The van der Waals surface area contributed by atoms with Gasteiger partial charge in [0.05, 0.1) is 12.8 Å². The fourth-order valence-electron chi connectivity index (χ4n) is 1.85. The van der Waals surface area contributed by atoms with Gasteiger partial charge in [-0.1, -0.05) is 17.7 Å². The number of aryl methyl sites for hydroxylation is 1. The van der Waals surface area contributed by atoms with Crippen LogP contribution in [0.15, 0.2) is 54.7 Å². The van der Waals surface area contributed by atoms with Gasteiger partial charge < -0.3 is 10.1 Å². The van der Waals surface area contributed by atoms with Gasteiger partial charge in [-0.15, -0.1) is 0 Å². The molecule has 0 atom stereocenters. The lowest BCUT2D eigenvalue weighted by atomic mass is 10.1. The molecule has 2 aromatic carbocycles. The van der Waals surface area contributed by atoms with Gasteiger partial charge in [-0.2, -0.15) is 0 Å². The van der Waals surface area contributed by atoms with Crippen LogP contribution in [0.5, 0.6) is 5.75 Å². The monoisotopic (exact) mass is 301 g/mol. The summed E-state index contributed by atoms with van der Waals surface area (Å²) in [4.78, 5) is 12.0. The summed E-state index contributed by atoms with van der Waals surface area (Å²) in [7, 11) is 1.61. The summed E-state index contributed by atoms with van der Waals surface area (Å²) >= 11 is 5.79. The number of carbonyl (C=O) groups is 1. The molecular weight excluding hydrogens is 286 g/mol. The predicted octanol–water partition coefficient (Wildman–Crippen LogP) is 4.47. The Kier molecular flexibility index (Phi) is 5.01. The van der Waals surface area contributed by atoms with Gasteiger partial charge in [-0.05, 0) is 48.9 Å². The van der Waals surface area contributed by atoms with Crippen molar-refractivity contribution in [2.75, 3.05) is 12.4 Å². The molecule has 0 saturated heterocycles. The number of methoxy groups -OCH3 is 1. The normalized spacial score (nSPS) is 10.6. The van der Waals surface area contributed by atoms with Crippen LogP contribution in [0.3, 0.4) is 0 Å². The van der Waals surface area contributed by atoms with E-state index in [-0.39, 0.29) is 5.78 Å². The van der Waals surface area contributed by atoms with Gasteiger partial charge in [0.1, 0.15) is 5.75 Å². The highest BCUT2D eigenvalue weighted by Crippen LogP contribution is 2.25. The third-order valence-corrected chi connectivity index (χ3v) is 3.21. The number of carbonyl (C=O) groups excluding carboxylic acids is 1. The average Bonchev–Trinajstić information content (AvgIpc) is 2.48. The van der Waals surface area contributed by atoms with E-state index in [1.165, 1.54) is 6.08 Å². The fraction of sp³-hybridized carbons (Fsp3) is 0.118. The smallest absolute Gasteiger partial charge is 0.187 e. The Morgan fingerprint density at radius 1 is 1.19 bits per heavy atom. The molecule has 0 aromatic heterocycles. The molecule has 0 radical (unpaired) electrons. The van der Waals surface area contributed by atoms with Crippen molar-refractivity contribution in [3.8, 4) is 5.75 Å². The molecule has 0 aliphatic carbocycles. The van der Waals surface area contributed by atoms with Crippen LogP contribution in [-0.4, -0.2) is 12.9 Å². The SMILES string of the molecule is COc1ccc(C)cc1N/C=C/C(=O)c1ccc(Cl)cc1. The van der Waals surface area contributed by atoms with Crippen LogP contribution in [0.1, 0.15) is 15.9 Å². The molecule has 4 heteroatoms. The minimum absolute atomic E-state index is 0.0919. The van der Waals surface area contributed by atoms with E-state index in [0.29, 0.717) is 10.6 Å². The van der Waals surface area contributed by atoms with Crippen LogP contribution in [0.2, 0.25) is 5.02 Å². The lowest BCUT2D eigenvalue weighted by molar-refractivity contribution is 0.104. The maximum Gasteiger partial charge on any atom is 0.187 e. The summed E-state index contributed by atoms with van der Waals surface area (Å²) in [5.41, 5.74) is 2.52. The Labute approximate surface area is 129 Å². The van der Waals surface area contributed by atoms with Gasteiger partial charge in [-0.3, -0.25) is 4.79 Å². The predicted molar refractivity (Wildman–Crippen MR) is 86.3 cm³/mol. The quantitative estimate of drug-likeness (QED) is 0.654. The summed E-state index contributed by atoms with van der Waals surface area (Å²) in [5, 5.41) is 3.67. The molecule has 0 unspecified atom stereocenters. The molecule has 3 nitrogen and oxygen atoms in total. The second-order valence-electron chi connectivity index (χ2n) is 4.55. The molecule has 1 N–H and O–H groups in total. The highest BCUT2D eigenvalue weighted by Gasteiger charge is 2.03. The van der Waals surface area contributed by atoms with Gasteiger partial charge in [0.2, 0.25) is 0 Å². The average molecular weight is 302 g/mol. The highest BCUT2D eigenvalue weighted by atomic mass is 35.5. The third-order valence-electron chi connectivity index (χ3n) is 2.96. The largest absolute Gasteiger partial charge is 0.495 e. The Hall–Kier alpha value is -2.26. The van der Waals surface area contributed by atoms with Crippen molar-refractivity contribution < 1.29 is 9.53 Å². The number of ether oxygens (including phenoxy) is 1. The van der Waals surface area contributed by atoms with Crippen LogP contribution >= 0.6 is 11.6 Å². The van der Waals surface area contributed by atoms with E-state index in [0.717, 1.165) is 17.0 Å². The molecule has 21 heavy (non-hydrogen) atoms. The van der Waals surface area contributed by atoms with Crippen molar-refractivity contribution in [2.45, 2.75) is 6.92 Å². The number of benzene rings is 2. The number of rotatable bonds is 5. The minimum Gasteiger partial charge on any atom is -0.495 e. The van der Waals surface area contributed by atoms with E-state index in [4.69, 9.17) is 16.3 Å². The number of ketones is 1. The summed E-state index contributed by atoms with van der Waals surface area (Å²) in [6.07, 6.45) is 3.08. The van der Waals surface area contributed by atoms with Crippen molar-refractivity contribution in [3.05, 3.63) is 70.9 Å². The Morgan fingerprint density at radius 3 is 2.57 bits per heavy atom. The van der Waals surface area contributed by atoms with E-state index in [9.17, 15) is 4.79 Å². The molecule has 0 aliphatic rings. The number of allylic oxidation sites excluding steroid dienone is 1. The Morgan fingerprint density at radius 2 is 1.90 bits per heavy atom. The van der Waals surface area contributed by atoms with E-state index < -0.39 is 0 Å². The summed E-state index contributed by atoms with van der Waals surface area (Å²) in [6, 6.07) is 12.6. The van der Waals surface area contributed by atoms with E-state index >= 15 is 0 Å². The lowest BCUT2D eigenvalue weighted by Gasteiger charge is -2.08. The maximum absolute atomic E-state index is 12.0. The first-order chi connectivity index (χ1) is 10.1. The van der Waals surface area contributed by atoms with Crippen molar-refractivity contribution >= 4 is 23.1 Å². The molecular formula is C17H16ClNO2. The van der Waals surface area contributed by atoms with E-state index in [1.54, 1.807) is 37.6 Å². The van der Waals surface area contributed by atoms with Crippen molar-refractivity contribution in [2.24, 2.45) is 0 Å². The molecule has 0 spiro atoms. The third kappa shape index (κ3) is 4.10. The van der Waals surface area contributed by atoms with Crippen LogP contribution in [0, 0.1) is 6.92 Å². The molecule has 0 saturated carbocycles. The Bertz CT molecular complexity index is 663. The molecule has 0 aliphatic heterocycles. The lowest BCUT2D eigenvalue weighted by Crippen LogP contribution is -1.97. The second-order valence-corrected chi connectivity index (χ2v) is 4.99. The van der Waals surface area contributed by atoms with Gasteiger partial charge in [-0.25, -0.2) is 0 Å². The van der Waals surface area contributed by atoms with Gasteiger partial charge in [0, 0.05) is 22.9 Å². The molecule has 0 amide bonds. The van der Waals surface area contributed by atoms with Crippen molar-refractivity contribution in [1.29, 1.82) is 0 Å². The number of hydrogen-bond acceptors (Lipinski definition) is 3. The zero-order valence-corrected chi connectivity index (χ0v) is 12.6. The molecule has 2 aromatic rings. The first-order valence-corrected chi connectivity index (χ1v) is 6.85. The van der Waals surface area contributed by atoms with Gasteiger partial charge >= 0.3 is 0 Å². The molecule has 108 valence electrons. The van der Waals surface area contributed by atoms with Gasteiger partial charge in [0.15, 0.2) is 5.78 Å². The van der Waals surface area contributed by atoms with E-state index in [2.05, 4.69) is 5.32 Å². The van der Waals surface area contributed by atoms with Crippen molar-refractivity contribution in [3.63, 3.8) is 0 Å². The number of anilines is 1. The number of nitrogens with one attached hydrogen (secondary N) is 1. The molecule has 2 rings (SSSR count). The summed E-state index contributed by atoms with van der Waals surface area (Å²) < 4.78 is 5.26. The topological polar surface area (TPSA) is 38.3 Å². The number of halogens is 1. The first kappa shape index (κ1) is 15.1. The molecule has 0 heterocycles. The minimum atomic E-state index is -0.0919. The van der Waals surface area contributed by atoms with Crippen molar-refractivity contribution in [1.82, 2.24) is 0 Å². The number of hydrogen-bond donors (Lipinski definition) is 1. The zero-order valence-electron chi connectivity index (χ0n) is 11.9. The fourth-order valence-corrected chi connectivity index (χ4v) is 1.98. The van der Waals surface area contributed by atoms with E-state index in [1.807, 2.05) is 25.1 Å². The molecule has 0 fully saturated rings. The van der Waals surface area contributed by atoms with Crippen LogP contribution in [0.4, 0.5) is 5.69 Å². The highest BCUT2D eigenvalue weighted by molar-refractivity contribution is 6.30. The van der Waals surface area contributed by atoms with Gasteiger partial charge in [0.25, 0.3) is 0 Å². The first-order valence-electron chi connectivity index (χ1n) is 6.48. The second kappa shape index (κ2) is 6.95. The maximum atomic E-state index is 12.0. The summed E-state index contributed by atoms with van der Waals surface area (Å²) in [5.74, 6) is 0.634. The standard InChI is InChI=1S/C17H16ClNO2/c1-12-3-8-17(21-2)15(11-12)19-10-9-16(20)13-4-6-14(18)7-5-13/h3-11,19H,1-2H3/b10-9+. The Balaban J connectivity index is 2.07. The van der Waals surface area contributed by atoms with Crippen LogP contribution < -0.4 is 10.1 Å². The summed E-state index contributed by atoms with van der Waals surface area (Å²) in [6.45, 7) is 1.99.